The van der Waals surface area contributed by atoms with Gasteiger partial charge in [-0.1, -0.05) is 6.08 Å². The molecule has 2 nitrogen and oxygen atoms in total. The Morgan fingerprint density at radius 2 is 2.11 bits per heavy atom. The van der Waals surface area contributed by atoms with Crippen LogP contribution in [0.2, 0.25) is 0 Å². The van der Waals surface area contributed by atoms with Crippen LogP contribution in [0.4, 0.5) is 0 Å². The first-order valence-corrected chi connectivity index (χ1v) is 2.99. The molecular weight excluding hydrogens is 116 g/mol. The second-order valence-electron chi connectivity index (χ2n) is 2.82. The standard InChI is InChI=1S/C7H14O2/c1-4-6(8)5-7(2,3)9/h4,6,8-9H,1,5H2,2-3H3/t6-/m0/s1. The Kier molecular flexibility index (Phi) is 2.88. The van der Waals surface area contributed by atoms with E-state index in [1.165, 1.54) is 6.08 Å². The molecule has 9 heavy (non-hydrogen) atoms. The molecule has 0 unspecified atom stereocenters. The highest BCUT2D eigenvalue weighted by atomic mass is 16.3. The van der Waals surface area contributed by atoms with Crippen molar-refractivity contribution in [1.29, 1.82) is 0 Å². The van der Waals surface area contributed by atoms with Crippen molar-refractivity contribution in [3.05, 3.63) is 12.7 Å². The van der Waals surface area contributed by atoms with Crippen LogP contribution in [0.5, 0.6) is 0 Å². The normalized spacial score (nSPS) is 15.1. The van der Waals surface area contributed by atoms with Gasteiger partial charge in [0.05, 0.1) is 11.7 Å². The summed E-state index contributed by atoms with van der Waals surface area (Å²) < 4.78 is 0. The summed E-state index contributed by atoms with van der Waals surface area (Å²) in [7, 11) is 0. The predicted octanol–water partition coefficient (Wildman–Crippen LogP) is 0.694. The molecule has 0 aliphatic rings. The fourth-order valence-electron chi connectivity index (χ4n) is 0.595. The third-order valence-corrected chi connectivity index (χ3v) is 0.981. The van der Waals surface area contributed by atoms with E-state index >= 15 is 0 Å². The van der Waals surface area contributed by atoms with Crippen molar-refractivity contribution in [2.24, 2.45) is 0 Å². The quantitative estimate of drug-likeness (QED) is 0.552. The lowest BCUT2D eigenvalue weighted by Crippen LogP contribution is -2.24. The van der Waals surface area contributed by atoms with E-state index in [-0.39, 0.29) is 0 Å². The minimum atomic E-state index is -0.798. The molecule has 0 spiro atoms. The summed E-state index contributed by atoms with van der Waals surface area (Å²) in [6, 6.07) is 0. The molecule has 0 saturated carbocycles. The number of hydrogen-bond acceptors (Lipinski definition) is 2. The van der Waals surface area contributed by atoms with E-state index in [2.05, 4.69) is 6.58 Å². The number of hydrogen-bond donors (Lipinski definition) is 2. The molecular formula is C7H14O2. The molecule has 0 aromatic heterocycles. The SMILES string of the molecule is C=C[C@H](O)CC(C)(C)O. The van der Waals surface area contributed by atoms with E-state index < -0.39 is 11.7 Å². The van der Waals surface area contributed by atoms with Gasteiger partial charge in [-0.2, -0.15) is 0 Å². The van der Waals surface area contributed by atoms with Crippen LogP contribution in [0, 0.1) is 0 Å². The maximum Gasteiger partial charge on any atom is 0.0745 e. The Morgan fingerprint density at radius 1 is 1.67 bits per heavy atom. The van der Waals surface area contributed by atoms with E-state index in [9.17, 15) is 0 Å². The monoisotopic (exact) mass is 130 g/mol. The lowest BCUT2D eigenvalue weighted by molar-refractivity contribution is 0.0332. The van der Waals surface area contributed by atoms with Gasteiger partial charge in [0, 0.05) is 6.42 Å². The van der Waals surface area contributed by atoms with Gasteiger partial charge in [-0.25, -0.2) is 0 Å². The van der Waals surface area contributed by atoms with Gasteiger partial charge in [-0.05, 0) is 13.8 Å². The Morgan fingerprint density at radius 3 is 2.22 bits per heavy atom. The van der Waals surface area contributed by atoms with Crippen molar-refractivity contribution in [1.82, 2.24) is 0 Å². The van der Waals surface area contributed by atoms with Crippen LogP contribution in [0.3, 0.4) is 0 Å². The Hall–Kier alpha value is -0.340. The fraction of sp³-hybridized carbons (Fsp3) is 0.714. The molecule has 0 aliphatic heterocycles. The average molecular weight is 130 g/mol. The summed E-state index contributed by atoms with van der Waals surface area (Å²) in [5.41, 5.74) is -0.798. The van der Waals surface area contributed by atoms with Crippen molar-refractivity contribution in [2.45, 2.75) is 32.0 Å². The van der Waals surface area contributed by atoms with Gasteiger partial charge in [0.2, 0.25) is 0 Å². The van der Waals surface area contributed by atoms with Crippen molar-refractivity contribution >= 4 is 0 Å². The van der Waals surface area contributed by atoms with E-state index in [1.807, 2.05) is 0 Å². The molecule has 0 fully saturated rings. The summed E-state index contributed by atoms with van der Waals surface area (Å²) in [4.78, 5) is 0. The van der Waals surface area contributed by atoms with Gasteiger partial charge in [0.1, 0.15) is 0 Å². The minimum absolute atomic E-state index is 0.344. The lowest BCUT2D eigenvalue weighted by atomic mass is 10.0. The molecule has 0 aromatic rings. The summed E-state index contributed by atoms with van der Waals surface area (Å²) in [5.74, 6) is 0. The topological polar surface area (TPSA) is 40.5 Å². The predicted molar refractivity (Wildman–Crippen MR) is 37.1 cm³/mol. The molecule has 0 aliphatic carbocycles. The zero-order valence-corrected chi connectivity index (χ0v) is 5.96. The molecule has 0 heterocycles. The summed E-state index contributed by atoms with van der Waals surface area (Å²) in [6.45, 7) is 6.69. The van der Waals surface area contributed by atoms with Crippen LogP contribution in [0.15, 0.2) is 12.7 Å². The highest BCUT2D eigenvalue weighted by molar-refractivity contribution is 4.83. The highest BCUT2D eigenvalue weighted by Gasteiger charge is 2.15. The molecule has 2 N–H and O–H groups in total. The fourth-order valence-corrected chi connectivity index (χ4v) is 0.595. The summed E-state index contributed by atoms with van der Waals surface area (Å²) in [5, 5.41) is 18.0. The Labute approximate surface area is 55.8 Å². The van der Waals surface area contributed by atoms with Gasteiger partial charge in [-0.15, -0.1) is 6.58 Å². The van der Waals surface area contributed by atoms with Crippen molar-refractivity contribution in [3.8, 4) is 0 Å². The van der Waals surface area contributed by atoms with Crippen LogP contribution in [0.25, 0.3) is 0 Å². The molecule has 0 saturated heterocycles. The maximum absolute atomic E-state index is 9.11. The van der Waals surface area contributed by atoms with Gasteiger partial charge >= 0.3 is 0 Å². The van der Waals surface area contributed by atoms with Gasteiger partial charge in [0.15, 0.2) is 0 Å². The first-order chi connectivity index (χ1) is 3.95. The molecule has 2 heteroatoms. The molecule has 1 atom stereocenters. The zero-order valence-electron chi connectivity index (χ0n) is 5.96. The highest BCUT2D eigenvalue weighted by Crippen LogP contribution is 2.10. The van der Waals surface area contributed by atoms with E-state index in [0.717, 1.165) is 0 Å². The molecule has 0 amide bonds. The molecule has 0 radical (unpaired) electrons. The largest absolute Gasteiger partial charge is 0.390 e. The number of aliphatic hydroxyl groups is 2. The molecule has 0 rings (SSSR count). The third-order valence-electron chi connectivity index (χ3n) is 0.981. The Balaban J connectivity index is 3.59. The van der Waals surface area contributed by atoms with Crippen LogP contribution >= 0.6 is 0 Å². The van der Waals surface area contributed by atoms with E-state index in [1.54, 1.807) is 13.8 Å². The molecule has 54 valence electrons. The number of aliphatic hydroxyl groups excluding tert-OH is 1. The zero-order chi connectivity index (χ0) is 7.49. The minimum Gasteiger partial charge on any atom is -0.390 e. The maximum atomic E-state index is 9.11. The van der Waals surface area contributed by atoms with Crippen molar-refractivity contribution < 1.29 is 10.2 Å². The van der Waals surface area contributed by atoms with Crippen LogP contribution in [0.1, 0.15) is 20.3 Å². The first-order valence-electron chi connectivity index (χ1n) is 2.99. The van der Waals surface area contributed by atoms with E-state index in [0.29, 0.717) is 6.42 Å². The smallest absolute Gasteiger partial charge is 0.0745 e. The average Bonchev–Trinajstić information content (AvgIpc) is 1.62. The first kappa shape index (κ1) is 8.66. The number of rotatable bonds is 3. The molecule has 0 bridgehead atoms. The van der Waals surface area contributed by atoms with Gasteiger partial charge < -0.3 is 10.2 Å². The van der Waals surface area contributed by atoms with E-state index in [4.69, 9.17) is 10.2 Å². The van der Waals surface area contributed by atoms with Gasteiger partial charge in [-0.3, -0.25) is 0 Å². The third kappa shape index (κ3) is 5.53. The van der Waals surface area contributed by atoms with Crippen LogP contribution < -0.4 is 0 Å². The lowest BCUT2D eigenvalue weighted by Gasteiger charge is -2.18. The summed E-state index contributed by atoms with van der Waals surface area (Å²) in [6.07, 6.45) is 1.17. The van der Waals surface area contributed by atoms with Crippen molar-refractivity contribution in [2.75, 3.05) is 0 Å². The second kappa shape index (κ2) is 2.99. The second-order valence-corrected chi connectivity index (χ2v) is 2.82. The summed E-state index contributed by atoms with van der Waals surface area (Å²) >= 11 is 0. The molecule has 0 aromatic carbocycles. The van der Waals surface area contributed by atoms with Gasteiger partial charge in [0.25, 0.3) is 0 Å². The van der Waals surface area contributed by atoms with Crippen LogP contribution in [-0.4, -0.2) is 21.9 Å². The Bertz CT molecular complexity index is 91.6. The van der Waals surface area contributed by atoms with Crippen molar-refractivity contribution in [3.63, 3.8) is 0 Å². The van der Waals surface area contributed by atoms with Crippen LogP contribution in [-0.2, 0) is 0 Å².